The summed E-state index contributed by atoms with van der Waals surface area (Å²) in [5.74, 6) is 1.67. The molecule has 0 bridgehead atoms. The summed E-state index contributed by atoms with van der Waals surface area (Å²) < 4.78 is 0. The van der Waals surface area contributed by atoms with E-state index in [1.165, 1.54) is 4.90 Å². The molecule has 0 saturated carbocycles. The maximum Gasteiger partial charge on any atom is 0.0317 e. The number of pyridine rings is 1. The first-order valence-corrected chi connectivity index (χ1v) is 4.54. The van der Waals surface area contributed by atoms with E-state index in [1.54, 1.807) is 24.2 Å². The fourth-order valence-electron chi connectivity index (χ4n) is 0.591. The van der Waals surface area contributed by atoms with Gasteiger partial charge in [-0.25, -0.2) is 0 Å². The molecule has 1 aromatic heterocycles. The third-order valence-electron chi connectivity index (χ3n) is 0.996. The molecule has 0 amide bonds. The third-order valence-corrected chi connectivity index (χ3v) is 2.42. The van der Waals surface area contributed by atoms with Crippen LogP contribution in [0.25, 0.3) is 0 Å². The van der Waals surface area contributed by atoms with Crippen LogP contribution in [0.5, 0.6) is 0 Å². The number of hydrogen-bond donors (Lipinski definition) is 0. The molecule has 0 aliphatic rings. The molecule has 1 rings (SSSR count). The van der Waals surface area contributed by atoms with E-state index in [4.69, 9.17) is 11.6 Å². The molecule has 0 spiro atoms. The van der Waals surface area contributed by atoms with Crippen LogP contribution in [-0.4, -0.2) is 16.6 Å². The molecule has 4 heteroatoms. The van der Waals surface area contributed by atoms with Crippen LogP contribution in [0.2, 0.25) is 0 Å². The highest BCUT2D eigenvalue weighted by molar-refractivity contribution is 7.99. The van der Waals surface area contributed by atoms with Gasteiger partial charge in [-0.3, -0.25) is 4.98 Å². The molecular weight excluding hydrogens is 201 g/mol. The van der Waals surface area contributed by atoms with E-state index in [9.17, 15) is 0 Å². The summed E-state index contributed by atoms with van der Waals surface area (Å²) in [5.41, 5.74) is 0. The first-order chi connectivity index (χ1) is 4.93. The zero-order valence-corrected chi connectivity index (χ0v) is 8.25. The van der Waals surface area contributed by atoms with E-state index >= 15 is 0 Å². The Balaban J connectivity index is 0.000001000. The summed E-state index contributed by atoms with van der Waals surface area (Å²) in [7, 11) is 0. The number of thioether (sulfide) groups is 1. The fraction of sp³-hybridized carbons (Fsp3) is 0.286. The lowest BCUT2D eigenvalue weighted by Gasteiger charge is -1.95. The molecule has 1 nitrogen and oxygen atoms in total. The first kappa shape index (κ1) is 11.1. The van der Waals surface area contributed by atoms with Gasteiger partial charge in [0.2, 0.25) is 0 Å². The standard InChI is InChI=1S/C7H8ClNS.ClH/c8-3-6-10-7-1-4-9-5-2-7;/h1-2,4-5H,3,6H2;1H. The number of nitrogens with zero attached hydrogens (tertiary/aromatic N) is 1. The predicted molar refractivity (Wildman–Crippen MR) is 52.9 cm³/mol. The van der Waals surface area contributed by atoms with Gasteiger partial charge in [-0.2, -0.15) is 0 Å². The Hall–Kier alpha value is 0.0800. The smallest absolute Gasteiger partial charge is 0.0317 e. The van der Waals surface area contributed by atoms with Crippen molar-refractivity contribution in [1.82, 2.24) is 4.98 Å². The van der Waals surface area contributed by atoms with Gasteiger partial charge < -0.3 is 0 Å². The van der Waals surface area contributed by atoms with E-state index < -0.39 is 0 Å². The van der Waals surface area contributed by atoms with E-state index in [0.29, 0.717) is 5.88 Å². The van der Waals surface area contributed by atoms with Crippen molar-refractivity contribution in [3.05, 3.63) is 24.5 Å². The zero-order chi connectivity index (χ0) is 7.23. The van der Waals surface area contributed by atoms with Gasteiger partial charge in [-0.1, -0.05) is 0 Å². The van der Waals surface area contributed by atoms with E-state index in [-0.39, 0.29) is 12.4 Å². The summed E-state index contributed by atoms with van der Waals surface area (Å²) in [5, 5.41) is 0. The van der Waals surface area contributed by atoms with Gasteiger partial charge in [0, 0.05) is 28.9 Å². The molecule has 0 unspecified atom stereocenters. The van der Waals surface area contributed by atoms with Gasteiger partial charge in [0.25, 0.3) is 0 Å². The van der Waals surface area contributed by atoms with Crippen molar-refractivity contribution in [3.63, 3.8) is 0 Å². The lowest BCUT2D eigenvalue weighted by Crippen LogP contribution is -1.78. The number of hydrogen-bond acceptors (Lipinski definition) is 2. The van der Waals surface area contributed by atoms with Gasteiger partial charge in [-0.05, 0) is 12.1 Å². The second-order valence-electron chi connectivity index (χ2n) is 1.72. The number of aromatic nitrogens is 1. The molecule has 1 heterocycles. The molecule has 0 saturated heterocycles. The molecule has 1 aromatic rings. The highest BCUT2D eigenvalue weighted by Gasteiger charge is 1.89. The Morgan fingerprint density at radius 3 is 2.55 bits per heavy atom. The van der Waals surface area contributed by atoms with Crippen LogP contribution in [-0.2, 0) is 0 Å². The van der Waals surface area contributed by atoms with Gasteiger partial charge in [0.1, 0.15) is 0 Å². The Bertz CT molecular complexity index is 181. The minimum atomic E-state index is 0. The molecule has 0 aromatic carbocycles. The molecule has 0 N–H and O–H groups in total. The van der Waals surface area contributed by atoms with Gasteiger partial charge >= 0.3 is 0 Å². The van der Waals surface area contributed by atoms with Crippen molar-refractivity contribution in [2.45, 2.75) is 4.90 Å². The average Bonchev–Trinajstić information content (AvgIpc) is 2.03. The fourth-order valence-corrected chi connectivity index (χ4v) is 1.45. The second kappa shape index (κ2) is 6.77. The second-order valence-corrected chi connectivity index (χ2v) is 3.27. The van der Waals surface area contributed by atoms with Crippen LogP contribution in [0.4, 0.5) is 0 Å². The minimum absolute atomic E-state index is 0. The van der Waals surface area contributed by atoms with Crippen LogP contribution in [0.15, 0.2) is 29.4 Å². The molecule has 0 radical (unpaired) electrons. The molecule has 0 fully saturated rings. The normalized spacial score (nSPS) is 8.82. The maximum atomic E-state index is 5.51. The summed E-state index contributed by atoms with van der Waals surface area (Å²) in [6.07, 6.45) is 3.58. The van der Waals surface area contributed by atoms with Crippen molar-refractivity contribution in [2.24, 2.45) is 0 Å². The summed E-state index contributed by atoms with van der Waals surface area (Å²) in [6.45, 7) is 0. The van der Waals surface area contributed by atoms with E-state index in [0.717, 1.165) is 5.75 Å². The van der Waals surface area contributed by atoms with Crippen LogP contribution in [0.1, 0.15) is 0 Å². The highest BCUT2D eigenvalue weighted by Crippen LogP contribution is 2.15. The molecule has 11 heavy (non-hydrogen) atoms. The Labute approximate surface area is 82.0 Å². The Morgan fingerprint density at radius 2 is 2.00 bits per heavy atom. The Kier molecular flexibility index (Phi) is 6.82. The van der Waals surface area contributed by atoms with Gasteiger partial charge in [-0.15, -0.1) is 35.8 Å². The molecule has 0 aliphatic carbocycles. The van der Waals surface area contributed by atoms with Crippen molar-refractivity contribution >= 4 is 35.8 Å². The van der Waals surface area contributed by atoms with Gasteiger partial charge in [0.15, 0.2) is 0 Å². The topological polar surface area (TPSA) is 12.9 Å². The monoisotopic (exact) mass is 209 g/mol. The number of alkyl halides is 1. The quantitative estimate of drug-likeness (QED) is 0.562. The van der Waals surface area contributed by atoms with Crippen LogP contribution >= 0.6 is 35.8 Å². The SMILES string of the molecule is Cl.ClCCSc1ccncc1. The van der Waals surface area contributed by atoms with Gasteiger partial charge in [0.05, 0.1) is 0 Å². The lowest BCUT2D eigenvalue weighted by atomic mass is 10.5. The lowest BCUT2D eigenvalue weighted by molar-refractivity contribution is 1.26. The average molecular weight is 210 g/mol. The van der Waals surface area contributed by atoms with Crippen LogP contribution in [0.3, 0.4) is 0 Å². The van der Waals surface area contributed by atoms with Crippen LogP contribution in [0, 0.1) is 0 Å². The molecule has 0 atom stereocenters. The minimum Gasteiger partial charge on any atom is -0.265 e. The molecule has 62 valence electrons. The molecule has 0 aliphatic heterocycles. The zero-order valence-electron chi connectivity index (χ0n) is 5.87. The largest absolute Gasteiger partial charge is 0.265 e. The Morgan fingerprint density at radius 1 is 1.36 bits per heavy atom. The predicted octanol–water partition coefficient (Wildman–Crippen LogP) is 2.83. The van der Waals surface area contributed by atoms with E-state index in [1.807, 2.05) is 12.1 Å². The molecular formula is C7H9Cl2NS. The highest BCUT2D eigenvalue weighted by atomic mass is 35.5. The van der Waals surface area contributed by atoms with Crippen molar-refractivity contribution < 1.29 is 0 Å². The summed E-state index contributed by atoms with van der Waals surface area (Å²) in [6, 6.07) is 3.97. The number of halogens is 2. The third kappa shape index (κ3) is 4.51. The first-order valence-electron chi connectivity index (χ1n) is 3.02. The van der Waals surface area contributed by atoms with Crippen LogP contribution < -0.4 is 0 Å². The summed E-state index contributed by atoms with van der Waals surface area (Å²) >= 11 is 7.26. The van der Waals surface area contributed by atoms with Crippen molar-refractivity contribution in [3.8, 4) is 0 Å². The summed E-state index contributed by atoms with van der Waals surface area (Å²) in [4.78, 5) is 5.14. The van der Waals surface area contributed by atoms with Crippen molar-refractivity contribution in [2.75, 3.05) is 11.6 Å². The van der Waals surface area contributed by atoms with E-state index in [2.05, 4.69) is 4.98 Å². The number of rotatable bonds is 3. The van der Waals surface area contributed by atoms with Crippen molar-refractivity contribution in [1.29, 1.82) is 0 Å². The maximum absolute atomic E-state index is 5.51.